The quantitative estimate of drug-likeness (QED) is 0.0998. The minimum Gasteiger partial charge on any atom is -0.508 e. The van der Waals surface area contributed by atoms with Gasteiger partial charge in [-0.15, -0.1) is 0 Å². The molecule has 294 valence electrons. The molecule has 4 aliphatic rings. The minimum absolute atomic E-state index is 0.00570. The number of anilines is 1. The van der Waals surface area contributed by atoms with Crippen LogP contribution in [0.25, 0.3) is 0 Å². The van der Waals surface area contributed by atoms with E-state index in [0.29, 0.717) is 46.7 Å². The molecule has 6 atom stereocenters. The number of imide groups is 2. The number of unbranched alkanes of at least 4 members (excludes halogenated alkanes) is 2. The number of fused-ring (bicyclic) bond motifs is 4. The monoisotopic (exact) mass is 805 g/mol. The molecule has 1 saturated carbocycles. The summed E-state index contributed by atoms with van der Waals surface area (Å²) >= 11 is 12.7. The number of allylic oxidation sites excluding steroid dienone is 2. The van der Waals surface area contributed by atoms with Crippen molar-refractivity contribution in [3.63, 3.8) is 0 Å². The largest absolute Gasteiger partial charge is 0.508 e. The van der Waals surface area contributed by atoms with Gasteiger partial charge in [0.1, 0.15) is 23.0 Å². The smallest absolute Gasteiger partial charge is 0.303 e. The number of hydrogen-bond donors (Lipinski definition) is 3. The summed E-state index contributed by atoms with van der Waals surface area (Å²) in [4.78, 5) is 71.2. The zero-order valence-corrected chi connectivity index (χ0v) is 32.4. The normalized spacial score (nSPS) is 25.4. The molecule has 3 N–H and O–H groups in total. The Morgan fingerprint density at radius 2 is 1.57 bits per heavy atom. The first-order valence-corrected chi connectivity index (χ1v) is 19.1. The van der Waals surface area contributed by atoms with Crippen molar-refractivity contribution in [1.82, 2.24) is 9.91 Å². The number of halogens is 2. The van der Waals surface area contributed by atoms with Gasteiger partial charge < -0.3 is 24.4 Å². The summed E-state index contributed by atoms with van der Waals surface area (Å²) in [5.74, 6) is -6.34. The van der Waals surface area contributed by atoms with E-state index in [9.17, 15) is 19.5 Å². The number of benzene rings is 3. The first kappa shape index (κ1) is 39.0. The van der Waals surface area contributed by atoms with Crippen molar-refractivity contribution in [3.8, 4) is 23.0 Å². The van der Waals surface area contributed by atoms with Crippen molar-refractivity contribution in [2.24, 2.45) is 23.7 Å². The van der Waals surface area contributed by atoms with Crippen LogP contribution in [0, 0.1) is 23.7 Å². The molecular formula is C41H41Cl2N3O10. The Balaban J connectivity index is 1.42. The number of nitrogens with zero attached hydrogens (tertiary/aromatic N) is 2. The second-order valence-corrected chi connectivity index (χ2v) is 15.4. The summed E-state index contributed by atoms with van der Waals surface area (Å²) in [5.41, 5.74) is 3.06. The standard InChI is InChI=1S/C41H41Cl2N3O10/c1-54-24-11-8-21(9-12-24)41-28(38(51)46(40(41)53)44-30-15-10-22(42)17-29(30)43)20-27-25(36(41)35-31(55-2)18-23(47)19-32(35)56-3)13-14-26-34(27)39(52)45(37(26)50)16-6-4-5-7-33(48)49/h8-13,15,17-19,26-28,34,36,44,47H,4-7,14,16,20H2,1-3H3,(H,48,49). The van der Waals surface area contributed by atoms with Gasteiger partial charge in [0.25, 0.3) is 11.8 Å². The van der Waals surface area contributed by atoms with E-state index in [4.69, 9.17) is 42.5 Å². The molecule has 0 aromatic heterocycles. The van der Waals surface area contributed by atoms with Gasteiger partial charge in [0.15, 0.2) is 0 Å². The lowest BCUT2D eigenvalue weighted by Crippen LogP contribution is -2.53. The van der Waals surface area contributed by atoms with Gasteiger partial charge in [-0.1, -0.05) is 53.4 Å². The number of aromatic hydroxyl groups is 1. The summed E-state index contributed by atoms with van der Waals surface area (Å²) in [6.45, 7) is 0.144. The number of phenols is 1. The fourth-order valence-corrected chi connectivity index (χ4v) is 9.83. The minimum atomic E-state index is -1.68. The van der Waals surface area contributed by atoms with Crippen molar-refractivity contribution in [1.29, 1.82) is 0 Å². The summed E-state index contributed by atoms with van der Waals surface area (Å²) in [6, 6.07) is 14.3. The molecule has 7 rings (SSSR count). The second-order valence-electron chi connectivity index (χ2n) is 14.5. The number of methoxy groups -OCH3 is 3. The molecule has 3 fully saturated rings. The molecule has 2 heterocycles. The highest BCUT2D eigenvalue weighted by Crippen LogP contribution is 2.66. The van der Waals surface area contributed by atoms with Gasteiger partial charge >= 0.3 is 5.97 Å². The van der Waals surface area contributed by atoms with Crippen LogP contribution in [0.1, 0.15) is 55.6 Å². The van der Waals surface area contributed by atoms with Gasteiger partial charge in [-0.25, -0.2) is 0 Å². The van der Waals surface area contributed by atoms with Crippen LogP contribution < -0.4 is 19.6 Å². The molecule has 3 aromatic carbocycles. The van der Waals surface area contributed by atoms with Crippen LogP contribution in [0.4, 0.5) is 5.69 Å². The van der Waals surface area contributed by atoms with Crippen LogP contribution in [0.3, 0.4) is 0 Å². The predicted molar refractivity (Wildman–Crippen MR) is 205 cm³/mol. The SMILES string of the molecule is COc1ccc(C23C(=O)N(Nc4ccc(Cl)cc4Cl)C(=O)C2CC2C(=CCC4C(=O)N(CCCCCC(=O)O)C(=O)C42)C3c2c(OC)cc(O)cc2OC)cc1. The van der Waals surface area contributed by atoms with Crippen LogP contribution in [0.5, 0.6) is 23.0 Å². The third kappa shape index (κ3) is 6.30. The average Bonchev–Trinajstić information content (AvgIpc) is 3.55. The first-order chi connectivity index (χ1) is 26.9. The lowest BCUT2D eigenvalue weighted by atomic mass is 9.49. The number of aliphatic carboxylic acids is 1. The first-order valence-electron chi connectivity index (χ1n) is 18.3. The Bertz CT molecular complexity index is 2120. The highest BCUT2D eigenvalue weighted by molar-refractivity contribution is 6.36. The third-order valence-electron chi connectivity index (χ3n) is 11.8. The fourth-order valence-electron chi connectivity index (χ4n) is 9.38. The maximum absolute atomic E-state index is 15.6. The van der Waals surface area contributed by atoms with E-state index >= 15 is 9.59 Å². The zero-order valence-electron chi connectivity index (χ0n) is 30.9. The molecule has 0 bridgehead atoms. The van der Waals surface area contributed by atoms with Gasteiger partial charge in [-0.2, -0.15) is 5.01 Å². The lowest BCUT2D eigenvalue weighted by molar-refractivity contribution is -0.141. The Labute approximate surface area is 333 Å². The zero-order chi connectivity index (χ0) is 40.1. The fraction of sp³-hybridized carbons (Fsp3) is 0.390. The Kier molecular flexibility index (Phi) is 10.7. The molecule has 2 aliphatic carbocycles. The molecule has 2 saturated heterocycles. The van der Waals surface area contributed by atoms with Crippen molar-refractivity contribution in [2.45, 2.75) is 49.9 Å². The number of hydrazine groups is 1. The number of phenolic OH excluding ortho intramolecular Hbond substituents is 1. The van der Waals surface area contributed by atoms with Crippen LogP contribution in [0.2, 0.25) is 10.0 Å². The van der Waals surface area contributed by atoms with E-state index in [0.717, 1.165) is 5.01 Å². The number of rotatable bonds is 13. The van der Waals surface area contributed by atoms with E-state index < -0.39 is 52.8 Å². The molecule has 3 aromatic rings. The van der Waals surface area contributed by atoms with Gasteiger partial charge in [0.05, 0.1) is 55.2 Å². The van der Waals surface area contributed by atoms with Crippen LogP contribution in [-0.2, 0) is 29.4 Å². The number of carboxylic acids is 1. The van der Waals surface area contributed by atoms with Crippen LogP contribution in [-0.4, -0.2) is 77.6 Å². The molecule has 0 spiro atoms. The highest BCUT2D eigenvalue weighted by atomic mass is 35.5. The molecule has 15 heteroatoms. The lowest BCUT2D eigenvalue weighted by Gasteiger charge is -2.51. The maximum Gasteiger partial charge on any atom is 0.303 e. The Hall–Kier alpha value is -5.27. The molecule has 6 unspecified atom stereocenters. The number of carbonyl (C=O) groups excluding carboxylic acids is 4. The van der Waals surface area contributed by atoms with Crippen LogP contribution >= 0.6 is 23.2 Å². The summed E-state index contributed by atoms with van der Waals surface area (Å²) in [6.07, 6.45) is 3.54. The van der Waals surface area contributed by atoms with Crippen LogP contribution in [0.15, 0.2) is 66.2 Å². The molecule has 13 nitrogen and oxygen atoms in total. The van der Waals surface area contributed by atoms with Gasteiger partial charge in [0.2, 0.25) is 11.8 Å². The van der Waals surface area contributed by atoms with Crippen molar-refractivity contribution >= 4 is 58.5 Å². The third-order valence-corrected chi connectivity index (χ3v) is 12.3. The molecular weight excluding hydrogens is 765 g/mol. The summed E-state index contributed by atoms with van der Waals surface area (Å²) in [5, 5.41) is 21.3. The highest BCUT2D eigenvalue weighted by Gasteiger charge is 2.71. The number of likely N-dealkylation sites (tertiary alicyclic amines) is 1. The number of carboxylic acid groups (broad SMARTS) is 1. The summed E-state index contributed by atoms with van der Waals surface area (Å²) in [7, 11) is 4.36. The number of nitrogens with one attached hydrogen (secondary N) is 1. The number of amides is 4. The van der Waals surface area contributed by atoms with Gasteiger partial charge in [0, 0.05) is 41.6 Å². The van der Waals surface area contributed by atoms with Crippen molar-refractivity contribution in [3.05, 3.63) is 87.4 Å². The van der Waals surface area contributed by atoms with E-state index in [1.54, 1.807) is 36.4 Å². The van der Waals surface area contributed by atoms with E-state index in [1.807, 2.05) is 6.08 Å². The van der Waals surface area contributed by atoms with E-state index in [2.05, 4.69) is 5.43 Å². The maximum atomic E-state index is 15.6. The van der Waals surface area contributed by atoms with Gasteiger partial charge in [-0.3, -0.25) is 34.3 Å². The summed E-state index contributed by atoms with van der Waals surface area (Å²) < 4.78 is 17.3. The van der Waals surface area contributed by atoms with Crippen molar-refractivity contribution in [2.75, 3.05) is 33.3 Å². The average molecular weight is 807 g/mol. The predicted octanol–water partition coefficient (Wildman–Crippen LogP) is 6.35. The second kappa shape index (κ2) is 15.3. The number of carbonyl (C=O) groups is 5. The molecule has 4 amide bonds. The number of ether oxygens (including phenoxy) is 3. The Morgan fingerprint density at radius 1 is 0.875 bits per heavy atom. The molecule has 56 heavy (non-hydrogen) atoms. The van der Waals surface area contributed by atoms with E-state index in [-0.39, 0.29) is 65.6 Å². The van der Waals surface area contributed by atoms with Crippen molar-refractivity contribution < 1.29 is 48.4 Å². The molecule has 2 aliphatic heterocycles. The Morgan fingerprint density at radius 3 is 2.20 bits per heavy atom. The molecule has 0 radical (unpaired) electrons. The topological polar surface area (TPSA) is 172 Å². The van der Waals surface area contributed by atoms with Gasteiger partial charge in [-0.05, 0) is 67.5 Å². The number of hydrogen-bond acceptors (Lipinski definition) is 10. The van der Waals surface area contributed by atoms with E-state index in [1.165, 1.54) is 44.4 Å².